The average molecular weight is 215 g/mol. The summed E-state index contributed by atoms with van der Waals surface area (Å²) in [5.74, 6) is -0.0282. The number of carbonyl (C=O) groups excluding carboxylic acids is 1. The third-order valence-electron chi connectivity index (χ3n) is 2.55. The van der Waals surface area contributed by atoms with Crippen molar-refractivity contribution in [3.8, 4) is 0 Å². The minimum Gasteiger partial charge on any atom is -0.309 e. The van der Waals surface area contributed by atoms with Crippen molar-refractivity contribution in [1.29, 1.82) is 0 Å². The van der Waals surface area contributed by atoms with Crippen LogP contribution < -0.4 is 4.90 Å². The highest BCUT2D eigenvalue weighted by Crippen LogP contribution is 2.15. The van der Waals surface area contributed by atoms with Gasteiger partial charge in [-0.3, -0.25) is 9.89 Å². The summed E-state index contributed by atoms with van der Waals surface area (Å²) in [6.07, 6.45) is 3.31. The molecular formula is C12H13N3O. The second kappa shape index (κ2) is 4.18. The van der Waals surface area contributed by atoms with Gasteiger partial charge in [-0.1, -0.05) is 18.2 Å². The highest BCUT2D eigenvalue weighted by atomic mass is 16.2. The Labute approximate surface area is 93.9 Å². The first-order valence-electron chi connectivity index (χ1n) is 5.02. The van der Waals surface area contributed by atoms with Gasteiger partial charge in [-0.2, -0.15) is 5.10 Å². The lowest BCUT2D eigenvalue weighted by molar-refractivity contribution is 0.0992. The number of aromatic nitrogens is 2. The van der Waals surface area contributed by atoms with Crippen LogP contribution in [0.3, 0.4) is 0 Å². The van der Waals surface area contributed by atoms with Crippen LogP contribution in [0, 0.1) is 6.92 Å². The van der Waals surface area contributed by atoms with Crippen molar-refractivity contribution in [2.45, 2.75) is 6.92 Å². The molecule has 1 aromatic heterocycles. The molecule has 1 aromatic carbocycles. The molecule has 2 aromatic rings. The van der Waals surface area contributed by atoms with Gasteiger partial charge in [0.1, 0.15) is 0 Å². The Hall–Kier alpha value is -2.10. The number of nitrogens with zero attached hydrogens (tertiary/aromatic N) is 2. The molecule has 0 aliphatic heterocycles. The molecule has 1 N–H and O–H groups in total. The number of aryl methyl sites for hydroxylation is 1. The van der Waals surface area contributed by atoms with E-state index in [1.807, 2.05) is 31.2 Å². The second-order valence-electron chi connectivity index (χ2n) is 3.64. The molecule has 2 rings (SSSR count). The van der Waals surface area contributed by atoms with E-state index in [2.05, 4.69) is 10.2 Å². The molecular weight excluding hydrogens is 202 g/mol. The summed E-state index contributed by atoms with van der Waals surface area (Å²) in [5, 5.41) is 6.51. The largest absolute Gasteiger partial charge is 0.309 e. The van der Waals surface area contributed by atoms with Gasteiger partial charge >= 0.3 is 0 Å². The van der Waals surface area contributed by atoms with Crippen LogP contribution in [-0.4, -0.2) is 23.2 Å². The number of rotatable bonds is 2. The Kier molecular flexibility index (Phi) is 2.72. The van der Waals surface area contributed by atoms with E-state index in [1.54, 1.807) is 24.3 Å². The van der Waals surface area contributed by atoms with Gasteiger partial charge in [0, 0.05) is 18.8 Å². The molecule has 16 heavy (non-hydrogen) atoms. The summed E-state index contributed by atoms with van der Waals surface area (Å²) in [7, 11) is 1.74. The van der Waals surface area contributed by atoms with Crippen molar-refractivity contribution in [3.63, 3.8) is 0 Å². The van der Waals surface area contributed by atoms with E-state index in [-0.39, 0.29) is 5.91 Å². The Balaban J connectivity index is 2.30. The lowest BCUT2D eigenvalue weighted by atomic mass is 10.1. The van der Waals surface area contributed by atoms with Gasteiger partial charge in [-0.25, -0.2) is 0 Å². The summed E-state index contributed by atoms with van der Waals surface area (Å²) in [6, 6.07) is 7.54. The van der Waals surface area contributed by atoms with Gasteiger partial charge in [-0.05, 0) is 18.6 Å². The topological polar surface area (TPSA) is 49.0 Å². The second-order valence-corrected chi connectivity index (χ2v) is 3.64. The van der Waals surface area contributed by atoms with Gasteiger partial charge in [0.15, 0.2) is 0 Å². The lowest BCUT2D eigenvalue weighted by Crippen LogP contribution is -2.26. The first-order chi connectivity index (χ1) is 7.70. The molecule has 4 nitrogen and oxygen atoms in total. The fourth-order valence-electron chi connectivity index (χ4n) is 1.54. The molecule has 0 atom stereocenters. The number of amides is 1. The van der Waals surface area contributed by atoms with Crippen LogP contribution in [-0.2, 0) is 0 Å². The van der Waals surface area contributed by atoms with Crippen molar-refractivity contribution in [3.05, 3.63) is 47.8 Å². The number of H-pyrrole nitrogens is 1. The maximum absolute atomic E-state index is 12.1. The molecule has 0 bridgehead atoms. The zero-order valence-corrected chi connectivity index (χ0v) is 9.27. The van der Waals surface area contributed by atoms with E-state index in [1.165, 1.54) is 0 Å². The highest BCUT2D eigenvalue weighted by molar-refractivity contribution is 6.06. The summed E-state index contributed by atoms with van der Waals surface area (Å²) >= 11 is 0. The van der Waals surface area contributed by atoms with Crippen LogP contribution in [0.5, 0.6) is 0 Å². The van der Waals surface area contributed by atoms with E-state index in [9.17, 15) is 4.79 Å². The predicted octanol–water partition coefficient (Wildman–Crippen LogP) is 1.99. The molecule has 0 saturated carbocycles. The van der Waals surface area contributed by atoms with Gasteiger partial charge in [0.25, 0.3) is 5.91 Å². The summed E-state index contributed by atoms with van der Waals surface area (Å²) in [5.41, 5.74) is 2.45. The smallest absolute Gasteiger partial charge is 0.258 e. The quantitative estimate of drug-likeness (QED) is 0.832. The van der Waals surface area contributed by atoms with E-state index >= 15 is 0 Å². The molecule has 0 spiro atoms. The molecule has 0 aliphatic rings. The normalized spacial score (nSPS) is 10.1. The minimum absolute atomic E-state index is 0.0282. The molecule has 0 fully saturated rings. The Morgan fingerprint density at radius 3 is 2.75 bits per heavy atom. The third-order valence-corrected chi connectivity index (χ3v) is 2.55. The summed E-state index contributed by atoms with van der Waals surface area (Å²) in [6.45, 7) is 1.93. The van der Waals surface area contributed by atoms with Gasteiger partial charge in [0.2, 0.25) is 0 Å². The van der Waals surface area contributed by atoms with Crippen molar-refractivity contribution < 1.29 is 4.79 Å². The van der Waals surface area contributed by atoms with Gasteiger partial charge < -0.3 is 4.90 Å². The monoisotopic (exact) mass is 215 g/mol. The van der Waals surface area contributed by atoms with E-state index < -0.39 is 0 Å². The molecule has 0 saturated heterocycles. The van der Waals surface area contributed by atoms with Crippen molar-refractivity contribution in [2.24, 2.45) is 0 Å². The molecule has 82 valence electrons. The fourth-order valence-corrected chi connectivity index (χ4v) is 1.54. The lowest BCUT2D eigenvalue weighted by Gasteiger charge is -2.15. The van der Waals surface area contributed by atoms with Gasteiger partial charge in [0.05, 0.1) is 11.9 Å². The van der Waals surface area contributed by atoms with Crippen LogP contribution in [0.15, 0.2) is 36.7 Å². The Morgan fingerprint density at radius 1 is 1.38 bits per heavy atom. The predicted molar refractivity (Wildman–Crippen MR) is 62.5 cm³/mol. The standard InChI is InChI=1S/C12H13N3O/c1-9-5-3-4-6-11(9)12(16)15(2)10-7-13-14-8-10/h3-8H,1-2H3,(H,13,14). The van der Waals surface area contributed by atoms with Crippen molar-refractivity contribution in [2.75, 3.05) is 11.9 Å². The number of hydrogen-bond acceptors (Lipinski definition) is 2. The minimum atomic E-state index is -0.0282. The van der Waals surface area contributed by atoms with E-state index in [4.69, 9.17) is 0 Å². The first-order valence-corrected chi connectivity index (χ1v) is 5.02. The fraction of sp³-hybridized carbons (Fsp3) is 0.167. The van der Waals surface area contributed by atoms with Crippen LogP contribution in [0.2, 0.25) is 0 Å². The van der Waals surface area contributed by atoms with Crippen LogP contribution in [0.25, 0.3) is 0 Å². The van der Waals surface area contributed by atoms with Gasteiger partial charge in [-0.15, -0.1) is 0 Å². The van der Waals surface area contributed by atoms with E-state index in [0.29, 0.717) is 5.56 Å². The molecule has 0 unspecified atom stereocenters. The van der Waals surface area contributed by atoms with Crippen molar-refractivity contribution >= 4 is 11.6 Å². The number of aromatic amines is 1. The Morgan fingerprint density at radius 2 is 2.12 bits per heavy atom. The summed E-state index contributed by atoms with van der Waals surface area (Å²) in [4.78, 5) is 13.7. The zero-order chi connectivity index (χ0) is 11.5. The number of anilines is 1. The molecule has 1 amide bonds. The van der Waals surface area contributed by atoms with Crippen LogP contribution in [0.1, 0.15) is 15.9 Å². The number of benzene rings is 1. The van der Waals surface area contributed by atoms with Crippen LogP contribution >= 0.6 is 0 Å². The maximum atomic E-state index is 12.1. The molecule has 1 heterocycles. The highest BCUT2D eigenvalue weighted by Gasteiger charge is 2.15. The molecule has 4 heteroatoms. The SMILES string of the molecule is Cc1ccccc1C(=O)N(C)c1cn[nH]c1. The number of hydrogen-bond donors (Lipinski definition) is 1. The molecule has 0 radical (unpaired) electrons. The van der Waals surface area contributed by atoms with Crippen LogP contribution in [0.4, 0.5) is 5.69 Å². The first kappa shape index (κ1) is 10.4. The maximum Gasteiger partial charge on any atom is 0.258 e. The Bertz CT molecular complexity index is 491. The molecule has 0 aliphatic carbocycles. The number of nitrogens with one attached hydrogen (secondary N) is 1. The van der Waals surface area contributed by atoms with Crippen molar-refractivity contribution in [1.82, 2.24) is 10.2 Å². The zero-order valence-electron chi connectivity index (χ0n) is 9.27. The average Bonchev–Trinajstić information content (AvgIpc) is 2.81. The summed E-state index contributed by atoms with van der Waals surface area (Å²) < 4.78 is 0. The van der Waals surface area contributed by atoms with E-state index in [0.717, 1.165) is 11.3 Å². The number of carbonyl (C=O) groups is 1. The third kappa shape index (κ3) is 1.82.